The third-order valence-corrected chi connectivity index (χ3v) is 4.09. The third-order valence-electron chi connectivity index (χ3n) is 3.86. The number of hydrogen-bond donors (Lipinski definition) is 0. The smallest absolute Gasteiger partial charge is 0.318 e. The zero-order valence-electron chi connectivity index (χ0n) is 12.8. The van der Waals surface area contributed by atoms with E-state index in [4.69, 9.17) is 16.0 Å². The number of halogens is 1. The maximum atomic E-state index is 6.04. The molecule has 1 aromatic carbocycles. The Balaban J connectivity index is 1.53. The second kappa shape index (κ2) is 7.11. The molecule has 0 radical (unpaired) electrons. The molecule has 2 heterocycles. The van der Waals surface area contributed by atoms with E-state index in [1.54, 1.807) is 0 Å². The van der Waals surface area contributed by atoms with Crippen molar-refractivity contribution in [1.82, 2.24) is 15.1 Å². The van der Waals surface area contributed by atoms with Crippen LogP contribution in [0.5, 0.6) is 0 Å². The Bertz CT molecular complexity index is 608. The zero-order valence-corrected chi connectivity index (χ0v) is 13.6. The molecule has 0 N–H and O–H groups in total. The molecular formula is C16H21ClN4O. The lowest BCUT2D eigenvalue weighted by molar-refractivity contribution is 0.244. The van der Waals surface area contributed by atoms with Crippen LogP contribution in [0.15, 0.2) is 28.7 Å². The van der Waals surface area contributed by atoms with Gasteiger partial charge in [-0.2, -0.15) is 0 Å². The average molecular weight is 321 g/mol. The summed E-state index contributed by atoms with van der Waals surface area (Å²) in [4.78, 5) is 4.59. The largest absolute Gasteiger partial charge is 0.408 e. The Morgan fingerprint density at radius 1 is 1.18 bits per heavy atom. The van der Waals surface area contributed by atoms with E-state index in [1.807, 2.05) is 18.2 Å². The molecule has 0 spiro atoms. The molecule has 1 aromatic heterocycles. The first-order chi connectivity index (χ1) is 10.7. The van der Waals surface area contributed by atoms with Crippen molar-refractivity contribution in [2.45, 2.75) is 26.3 Å². The van der Waals surface area contributed by atoms with Crippen molar-refractivity contribution < 1.29 is 4.42 Å². The highest BCUT2D eigenvalue weighted by molar-refractivity contribution is 6.30. The van der Waals surface area contributed by atoms with Crippen molar-refractivity contribution >= 4 is 17.6 Å². The second-order valence-electron chi connectivity index (χ2n) is 5.62. The van der Waals surface area contributed by atoms with Crippen LogP contribution in [-0.2, 0) is 13.0 Å². The van der Waals surface area contributed by atoms with Crippen LogP contribution in [0.25, 0.3) is 0 Å². The summed E-state index contributed by atoms with van der Waals surface area (Å²) in [5, 5.41) is 9.04. The van der Waals surface area contributed by atoms with Gasteiger partial charge in [-0.1, -0.05) is 35.8 Å². The highest BCUT2D eigenvalue weighted by Crippen LogP contribution is 2.18. The number of anilines is 1. The van der Waals surface area contributed by atoms with E-state index in [-0.39, 0.29) is 0 Å². The van der Waals surface area contributed by atoms with Gasteiger partial charge in [-0.05, 0) is 24.1 Å². The Kier molecular flexibility index (Phi) is 4.95. The molecule has 0 atom stereocenters. The molecule has 6 heteroatoms. The van der Waals surface area contributed by atoms with Crippen molar-refractivity contribution in [3.8, 4) is 0 Å². The predicted octanol–water partition coefficient (Wildman–Crippen LogP) is 3.00. The quantitative estimate of drug-likeness (QED) is 0.847. The predicted molar refractivity (Wildman–Crippen MR) is 87.2 cm³/mol. The summed E-state index contributed by atoms with van der Waals surface area (Å²) in [5.41, 5.74) is 1.25. The van der Waals surface area contributed by atoms with Gasteiger partial charge in [0.15, 0.2) is 0 Å². The fourth-order valence-electron chi connectivity index (χ4n) is 2.68. The molecule has 1 fully saturated rings. The minimum atomic E-state index is 0.658. The Morgan fingerprint density at radius 3 is 2.73 bits per heavy atom. The fraction of sp³-hybridized carbons (Fsp3) is 0.500. The van der Waals surface area contributed by atoms with Crippen LogP contribution in [0.4, 0.5) is 6.01 Å². The van der Waals surface area contributed by atoms with E-state index < -0.39 is 0 Å². The van der Waals surface area contributed by atoms with Gasteiger partial charge in [0.1, 0.15) is 0 Å². The molecule has 118 valence electrons. The first-order valence-electron chi connectivity index (χ1n) is 7.78. The zero-order chi connectivity index (χ0) is 15.4. The normalized spacial score (nSPS) is 16.2. The standard InChI is InChI=1S/C16H21ClN4O/c1-2-4-15-18-19-16(22-15)21-9-7-20(8-10-21)12-13-5-3-6-14(17)11-13/h3,5-6,11H,2,4,7-10,12H2,1H3. The van der Waals surface area contributed by atoms with Crippen LogP contribution in [0, 0.1) is 0 Å². The summed E-state index contributed by atoms with van der Waals surface area (Å²) in [7, 11) is 0. The van der Waals surface area contributed by atoms with E-state index >= 15 is 0 Å². The maximum absolute atomic E-state index is 6.04. The molecule has 22 heavy (non-hydrogen) atoms. The molecule has 1 saturated heterocycles. The minimum absolute atomic E-state index is 0.658. The van der Waals surface area contributed by atoms with Gasteiger partial charge in [-0.15, -0.1) is 5.10 Å². The molecule has 5 nitrogen and oxygen atoms in total. The summed E-state index contributed by atoms with van der Waals surface area (Å²) in [6, 6.07) is 8.72. The molecule has 0 saturated carbocycles. The van der Waals surface area contributed by atoms with Crippen molar-refractivity contribution in [2.75, 3.05) is 31.1 Å². The van der Waals surface area contributed by atoms with Crippen LogP contribution in [0.3, 0.4) is 0 Å². The van der Waals surface area contributed by atoms with Gasteiger partial charge in [-0.25, -0.2) is 0 Å². The van der Waals surface area contributed by atoms with E-state index in [9.17, 15) is 0 Å². The SMILES string of the molecule is CCCc1nnc(N2CCN(Cc3cccc(Cl)c3)CC2)o1. The molecule has 0 unspecified atom stereocenters. The highest BCUT2D eigenvalue weighted by Gasteiger charge is 2.21. The van der Waals surface area contributed by atoms with Crippen molar-refractivity contribution in [3.05, 3.63) is 40.7 Å². The first-order valence-corrected chi connectivity index (χ1v) is 8.16. The minimum Gasteiger partial charge on any atom is -0.408 e. The van der Waals surface area contributed by atoms with Crippen LogP contribution in [0.1, 0.15) is 24.8 Å². The second-order valence-corrected chi connectivity index (χ2v) is 6.06. The lowest BCUT2D eigenvalue weighted by Crippen LogP contribution is -2.46. The lowest BCUT2D eigenvalue weighted by atomic mass is 10.2. The monoisotopic (exact) mass is 320 g/mol. The number of hydrogen-bond acceptors (Lipinski definition) is 5. The van der Waals surface area contributed by atoms with Crippen molar-refractivity contribution in [1.29, 1.82) is 0 Å². The van der Waals surface area contributed by atoms with Gasteiger partial charge < -0.3 is 9.32 Å². The number of aryl methyl sites for hydroxylation is 1. The number of rotatable bonds is 5. The molecule has 0 bridgehead atoms. The van der Waals surface area contributed by atoms with Gasteiger partial charge in [0.05, 0.1) is 0 Å². The van der Waals surface area contributed by atoms with Gasteiger partial charge in [0, 0.05) is 44.2 Å². The van der Waals surface area contributed by atoms with Gasteiger partial charge in [0.25, 0.3) is 0 Å². The summed E-state index contributed by atoms with van der Waals surface area (Å²) in [5.74, 6) is 0.735. The Labute approximate surface area is 135 Å². The van der Waals surface area contributed by atoms with Crippen molar-refractivity contribution in [2.24, 2.45) is 0 Å². The molecule has 1 aliphatic heterocycles. The van der Waals surface area contributed by atoms with E-state index in [2.05, 4.69) is 33.0 Å². The summed E-state index contributed by atoms with van der Waals surface area (Å²) in [6.45, 7) is 6.83. The topological polar surface area (TPSA) is 45.4 Å². The molecule has 2 aromatic rings. The number of aromatic nitrogens is 2. The van der Waals surface area contributed by atoms with E-state index in [0.29, 0.717) is 6.01 Å². The molecule has 0 amide bonds. The number of nitrogens with zero attached hydrogens (tertiary/aromatic N) is 4. The maximum Gasteiger partial charge on any atom is 0.318 e. The Morgan fingerprint density at radius 2 is 2.00 bits per heavy atom. The Hall–Kier alpha value is -1.59. The number of benzene rings is 1. The fourth-order valence-corrected chi connectivity index (χ4v) is 2.89. The van der Waals surface area contributed by atoms with Crippen LogP contribution in [-0.4, -0.2) is 41.3 Å². The lowest BCUT2D eigenvalue weighted by Gasteiger charge is -2.33. The molecular weight excluding hydrogens is 300 g/mol. The van der Waals surface area contributed by atoms with Crippen molar-refractivity contribution in [3.63, 3.8) is 0 Å². The highest BCUT2D eigenvalue weighted by atomic mass is 35.5. The summed E-state index contributed by atoms with van der Waals surface area (Å²) >= 11 is 6.04. The third kappa shape index (κ3) is 3.78. The first kappa shape index (κ1) is 15.3. The van der Waals surface area contributed by atoms with Gasteiger partial charge in [0.2, 0.25) is 5.89 Å². The average Bonchev–Trinajstić information content (AvgIpc) is 2.97. The van der Waals surface area contributed by atoms with Crippen LogP contribution in [0.2, 0.25) is 5.02 Å². The van der Waals surface area contributed by atoms with Crippen LogP contribution >= 0.6 is 11.6 Å². The van der Waals surface area contributed by atoms with E-state index in [0.717, 1.165) is 56.5 Å². The van der Waals surface area contributed by atoms with Gasteiger partial charge in [-0.3, -0.25) is 4.90 Å². The molecule has 1 aliphatic rings. The summed E-state index contributed by atoms with van der Waals surface area (Å²) in [6.07, 6.45) is 1.87. The summed E-state index contributed by atoms with van der Waals surface area (Å²) < 4.78 is 5.70. The number of piperazine rings is 1. The molecule has 0 aliphatic carbocycles. The van der Waals surface area contributed by atoms with Crippen LogP contribution < -0.4 is 4.90 Å². The van der Waals surface area contributed by atoms with E-state index in [1.165, 1.54) is 5.56 Å². The van der Waals surface area contributed by atoms with Gasteiger partial charge >= 0.3 is 6.01 Å². The molecule has 3 rings (SSSR count).